The average molecular weight is 687 g/mol. The van der Waals surface area contributed by atoms with Gasteiger partial charge in [-0.05, 0) is 47.4 Å². The molecule has 0 unspecified atom stereocenters. The Labute approximate surface area is 263 Å². The van der Waals surface area contributed by atoms with Gasteiger partial charge in [-0.2, -0.15) is 8.42 Å². The lowest BCUT2D eigenvalue weighted by Crippen LogP contribution is -2.59. The number of halogens is 1. The van der Waals surface area contributed by atoms with Crippen molar-refractivity contribution in [3.63, 3.8) is 0 Å². The topological polar surface area (TPSA) is 148 Å². The maximum Gasteiger partial charge on any atom is 0.331 e. The first-order valence-electron chi connectivity index (χ1n) is 14.4. The highest BCUT2D eigenvalue weighted by molar-refractivity contribution is 9.10. The quantitative estimate of drug-likeness (QED) is 0.281. The summed E-state index contributed by atoms with van der Waals surface area (Å²) < 4.78 is 37.4. The van der Waals surface area contributed by atoms with E-state index in [0.29, 0.717) is 17.3 Å². The molecule has 2 N–H and O–H groups in total. The fraction of sp³-hybridized carbons (Fsp3) is 0.667. The van der Waals surface area contributed by atoms with Crippen LogP contribution in [0.5, 0.6) is 0 Å². The third-order valence-electron chi connectivity index (χ3n) is 7.82. The number of amides is 3. The van der Waals surface area contributed by atoms with Gasteiger partial charge in [-0.3, -0.25) is 18.6 Å². The summed E-state index contributed by atoms with van der Waals surface area (Å²) in [6.45, 7) is 12.8. The maximum atomic E-state index is 14.1. The smallest absolute Gasteiger partial charge is 0.331 e. The van der Waals surface area contributed by atoms with Crippen molar-refractivity contribution < 1.29 is 36.5 Å². The Morgan fingerprint density at radius 1 is 1.09 bits per heavy atom. The van der Waals surface area contributed by atoms with Crippen molar-refractivity contribution in [2.45, 2.75) is 103 Å². The van der Waals surface area contributed by atoms with Gasteiger partial charge in [0.15, 0.2) is 0 Å². The minimum Gasteiger partial charge on any atom is -0.467 e. The van der Waals surface area contributed by atoms with E-state index in [1.807, 2.05) is 27.7 Å². The van der Waals surface area contributed by atoms with Crippen molar-refractivity contribution in [1.82, 2.24) is 15.5 Å². The van der Waals surface area contributed by atoms with Crippen LogP contribution in [0.1, 0.15) is 74.1 Å². The molecule has 1 aromatic carbocycles. The van der Waals surface area contributed by atoms with Gasteiger partial charge in [0, 0.05) is 23.9 Å². The molecule has 1 saturated heterocycles. The molecule has 240 valence electrons. The van der Waals surface area contributed by atoms with Gasteiger partial charge in [0.1, 0.15) is 17.6 Å². The summed E-state index contributed by atoms with van der Waals surface area (Å²) in [5, 5.41) is 5.66. The predicted octanol–water partition coefficient (Wildman–Crippen LogP) is 3.55. The van der Waals surface area contributed by atoms with Gasteiger partial charge in [-0.1, -0.05) is 70.8 Å². The monoisotopic (exact) mass is 685 g/mol. The molecule has 0 aromatic heterocycles. The highest BCUT2D eigenvalue weighted by atomic mass is 79.9. The second-order valence-electron chi connectivity index (χ2n) is 13.7. The van der Waals surface area contributed by atoms with Crippen molar-refractivity contribution in [2.24, 2.45) is 16.7 Å². The lowest BCUT2D eigenvalue weighted by atomic mass is 9.84. The number of benzene rings is 1. The van der Waals surface area contributed by atoms with Crippen LogP contribution < -0.4 is 10.6 Å². The zero-order valence-electron chi connectivity index (χ0n) is 26.2. The average Bonchev–Trinajstić information content (AvgIpc) is 3.44. The number of hydrogen-bond donors (Lipinski definition) is 2. The summed E-state index contributed by atoms with van der Waals surface area (Å²) in [7, 11) is -2.99. The van der Waals surface area contributed by atoms with Gasteiger partial charge < -0.3 is 20.3 Å². The third kappa shape index (κ3) is 8.36. The predicted molar refractivity (Wildman–Crippen MR) is 163 cm³/mol. The molecule has 43 heavy (non-hydrogen) atoms. The molecule has 0 spiro atoms. The number of methoxy groups -OCH3 is 1. The Balaban J connectivity index is 1.93. The van der Waals surface area contributed by atoms with Crippen LogP contribution >= 0.6 is 15.9 Å². The molecule has 13 heteroatoms. The van der Waals surface area contributed by atoms with Crippen LogP contribution in [-0.4, -0.2) is 74.4 Å². The largest absolute Gasteiger partial charge is 0.467 e. The summed E-state index contributed by atoms with van der Waals surface area (Å²) >= 11 is 3.28. The van der Waals surface area contributed by atoms with Crippen molar-refractivity contribution in [1.29, 1.82) is 0 Å². The Kier molecular flexibility index (Phi) is 10.4. The number of nitrogens with zero attached hydrogens (tertiary/aromatic N) is 1. The van der Waals surface area contributed by atoms with E-state index in [2.05, 4.69) is 26.6 Å². The fourth-order valence-corrected chi connectivity index (χ4v) is 6.81. The van der Waals surface area contributed by atoms with E-state index in [-0.39, 0.29) is 41.5 Å². The van der Waals surface area contributed by atoms with Crippen LogP contribution in [0.15, 0.2) is 33.6 Å². The molecule has 3 rings (SSSR count). The number of carbonyl (C=O) groups is 4. The van der Waals surface area contributed by atoms with Gasteiger partial charge in [0.2, 0.25) is 17.7 Å². The number of esters is 1. The zero-order chi connectivity index (χ0) is 32.5. The van der Waals surface area contributed by atoms with E-state index in [0.717, 1.165) is 0 Å². The Hall–Kier alpha value is -2.51. The molecule has 11 nitrogen and oxygen atoms in total. The molecule has 1 aromatic rings. The summed E-state index contributed by atoms with van der Waals surface area (Å²) in [5.74, 6) is -2.18. The van der Waals surface area contributed by atoms with Crippen molar-refractivity contribution in [3.05, 3.63) is 28.7 Å². The van der Waals surface area contributed by atoms with Gasteiger partial charge in [-0.15, -0.1) is 0 Å². The SMILES string of the molecule is CC[C@@H]1C[C@]1(NC(=O)[C@@H]1C[C@H](OS(=O)(=O)c2ccc(Br)cc2)CN1C(=O)[C@@H](NC(=O)CC(C)(C)C)C(C)(C)C)C(=O)OC. The Bertz CT molecular complexity index is 1340. The molecule has 5 atom stereocenters. The number of rotatable bonds is 10. The highest BCUT2D eigenvalue weighted by Crippen LogP contribution is 2.47. The first-order chi connectivity index (χ1) is 19.7. The van der Waals surface area contributed by atoms with Gasteiger partial charge in [0.25, 0.3) is 10.1 Å². The zero-order valence-corrected chi connectivity index (χ0v) is 28.6. The molecular formula is C30H44BrN3O8S. The van der Waals surface area contributed by atoms with E-state index in [1.165, 1.54) is 24.1 Å². The summed E-state index contributed by atoms with van der Waals surface area (Å²) in [6, 6.07) is 3.74. The van der Waals surface area contributed by atoms with Crippen LogP contribution in [0.2, 0.25) is 0 Å². The lowest BCUT2D eigenvalue weighted by molar-refractivity contribution is -0.149. The van der Waals surface area contributed by atoms with Crippen LogP contribution in [0.4, 0.5) is 0 Å². The molecule has 2 aliphatic rings. The summed E-state index contributed by atoms with van der Waals surface area (Å²) in [4.78, 5) is 54.7. The van der Waals surface area contributed by atoms with Gasteiger partial charge >= 0.3 is 5.97 Å². The van der Waals surface area contributed by atoms with Gasteiger partial charge in [-0.25, -0.2) is 4.79 Å². The normalized spacial score (nSPS) is 24.7. The molecular weight excluding hydrogens is 642 g/mol. The van der Waals surface area contributed by atoms with Gasteiger partial charge in [0.05, 0.1) is 18.1 Å². The van der Waals surface area contributed by atoms with Crippen molar-refractivity contribution in [3.8, 4) is 0 Å². The fourth-order valence-electron chi connectivity index (χ4n) is 5.47. The van der Waals surface area contributed by atoms with Crippen LogP contribution in [0.25, 0.3) is 0 Å². The first-order valence-corrected chi connectivity index (χ1v) is 16.6. The van der Waals surface area contributed by atoms with Crippen LogP contribution in [0.3, 0.4) is 0 Å². The van der Waals surface area contributed by atoms with Crippen molar-refractivity contribution in [2.75, 3.05) is 13.7 Å². The summed E-state index contributed by atoms with van der Waals surface area (Å²) in [5.41, 5.74) is -2.28. The standard InChI is InChI=1S/C30H44BrN3O8S/c1-9-18-15-30(18,27(38)41-8)33-25(36)22-14-20(42-43(39,40)21-12-10-19(31)11-13-21)17-34(22)26(37)24(29(5,6)7)32-23(35)16-28(2,3)4/h10-13,18,20,22,24H,9,14-17H2,1-8H3,(H,32,35)(H,33,36)/t18-,20+,22+,24-,30-/m1/s1. The third-order valence-corrected chi connectivity index (χ3v) is 9.72. The summed E-state index contributed by atoms with van der Waals surface area (Å²) in [6.07, 6.45) is 0.0245. The van der Waals surface area contributed by atoms with E-state index >= 15 is 0 Å². The highest BCUT2D eigenvalue weighted by Gasteiger charge is 2.62. The number of ether oxygens (including phenoxy) is 1. The molecule has 2 fully saturated rings. The van der Waals surface area contributed by atoms with E-state index < -0.39 is 57.0 Å². The number of hydrogen-bond acceptors (Lipinski definition) is 8. The maximum absolute atomic E-state index is 14.1. The molecule has 1 aliphatic carbocycles. The second kappa shape index (κ2) is 12.8. The lowest BCUT2D eigenvalue weighted by Gasteiger charge is -2.36. The van der Waals surface area contributed by atoms with Crippen LogP contribution in [0, 0.1) is 16.7 Å². The van der Waals surface area contributed by atoms with Crippen molar-refractivity contribution >= 4 is 49.7 Å². The number of carbonyl (C=O) groups excluding carboxylic acids is 4. The minimum atomic E-state index is -4.23. The minimum absolute atomic E-state index is 0.0723. The van der Waals surface area contributed by atoms with Crippen LogP contribution in [-0.2, 0) is 38.2 Å². The van der Waals surface area contributed by atoms with E-state index in [4.69, 9.17) is 8.92 Å². The van der Waals surface area contributed by atoms with E-state index in [9.17, 15) is 27.6 Å². The molecule has 1 saturated carbocycles. The Morgan fingerprint density at radius 3 is 2.19 bits per heavy atom. The molecule has 0 radical (unpaired) electrons. The van der Waals surface area contributed by atoms with E-state index in [1.54, 1.807) is 32.9 Å². The second-order valence-corrected chi connectivity index (χ2v) is 16.2. The number of likely N-dealkylation sites (tertiary alicyclic amines) is 1. The number of nitrogens with one attached hydrogen (secondary N) is 2. The molecule has 0 bridgehead atoms. The molecule has 1 heterocycles. The first kappa shape index (κ1) is 35.0. The Morgan fingerprint density at radius 2 is 1.70 bits per heavy atom. The molecule has 3 amide bonds. The molecule has 1 aliphatic heterocycles.